The molecule has 0 aliphatic heterocycles. The summed E-state index contributed by atoms with van der Waals surface area (Å²) in [4.78, 5) is 3.94. The number of hydrogen-bond donors (Lipinski definition) is 0. The summed E-state index contributed by atoms with van der Waals surface area (Å²) in [6, 6.07) is 104. The van der Waals surface area contributed by atoms with Crippen molar-refractivity contribution in [2.75, 3.05) is 9.80 Å². The van der Waals surface area contributed by atoms with Crippen LogP contribution in [0.1, 0.15) is 108 Å². The SMILES string of the molecule is C=Cc1ccc(Oc2ccc(C3(c4ccc(C(C)(C)C)cc4)c4ccccc4-c4ccc(N(c5ccc(-c6ccc(N(c7ccc(F)c(F)c7)c7ccc8c(c7)C(c7ccc(Oc9ccc(C=C)cc9)cc7)(c7ccc(C(C)(C)C)cc7)c7ccccc7-8)cc6)cc5)c5ccc(F)c(F)c5)cc43)cc2)cc1. The van der Waals surface area contributed by atoms with Crippen LogP contribution in [0.25, 0.3) is 45.5 Å². The molecule has 14 aromatic carbocycles. The standard InChI is InChI=1S/C98H76F4N2O2/c1-9-63-19-47-79(48-20-63)105-81-51-35-71(36-52-81)97(69-31-27-67(28-32-69)95(3,4)5)87-17-13-11-15-83(87)85-55-43-75(59-89(85)97)103(77-45-57-91(99)93(101)61-77)73-39-23-65(24-40-73)66-25-41-74(42-26-66)104(78-46-58-92(100)94(102)62-78)76-44-56-86-84-16-12-14-18-88(84)98(90(86)60-76,70-33-29-68(30-34-70)96(6,7)8)72-37-53-82(54-38-72)106-80-49-21-64(10-2)22-50-80/h9-62H,1-2H2,3-8H3. The second kappa shape index (κ2) is 26.9. The molecule has 14 aromatic rings. The summed E-state index contributed by atoms with van der Waals surface area (Å²) in [5.41, 5.74) is 20.6. The van der Waals surface area contributed by atoms with Crippen LogP contribution in [0.3, 0.4) is 0 Å². The molecule has 0 amide bonds. The average Bonchev–Trinajstić information content (AvgIpc) is 1.54. The van der Waals surface area contributed by atoms with Gasteiger partial charge >= 0.3 is 0 Å². The Morgan fingerprint density at radius 3 is 0.887 bits per heavy atom. The highest BCUT2D eigenvalue weighted by Crippen LogP contribution is 2.60. The van der Waals surface area contributed by atoms with Gasteiger partial charge in [0.25, 0.3) is 0 Å². The van der Waals surface area contributed by atoms with Crippen LogP contribution in [-0.2, 0) is 21.7 Å². The van der Waals surface area contributed by atoms with Gasteiger partial charge in [-0.2, -0.15) is 0 Å². The van der Waals surface area contributed by atoms with Crippen molar-refractivity contribution >= 4 is 46.3 Å². The van der Waals surface area contributed by atoms with E-state index in [1.165, 1.54) is 35.4 Å². The second-order valence-corrected chi connectivity index (χ2v) is 29.5. The highest BCUT2D eigenvalue weighted by atomic mass is 19.2. The molecular weight excluding hydrogens is 1310 g/mol. The van der Waals surface area contributed by atoms with Crippen molar-refractivity contribution in [3.63, 3.8) is 0 Å². The van der Waals surface area contributed by atoms with Gasteiger partial charge in [-0.25, -0.2) is 17.6 Å². The van der Waals surface area contributed by atoms with Crippen LogP contribution in [0, 0.1) is 23.3 Å². The zero-order chi connectivity index (χ0) is 73.2. The number of halogens is 4. The molecule has 4 nitrogen and oxygen atoms in total. The Morgan fingerprint density at radius 1 is 0.283 bits per heavy atom. The Hall–Kier alpha value is -12.5. The maximum Gasteiger partial charge on any atom is 0.160 e. The summed E-state index contributed by atoms with van der Waals surface area (Å²) in [6.07, 6.45) is 3.61. The van der Waals surface area contributed by atoms with Gasteiger partial charge in [-0.1, -0.05) is 249 Å². The normalized spacial score (nSPS) is 14.8. The van der Waals surface area contributed by atoms with Crippen molar-refractivity contribution in [2.45, 2.75) is 63.2 Å². The molecule has 0 aromatic heterocycles. The van der Waals surface area contributed by atoms with Gasteiger partial charge in [0.1, 0.15) is 23.0 Å². The lowest BCUT2D eigenvalue weighted by atomic mass is 9.67. The van der Waals surface area contributed by atoms with Gasteiger partial charge in [0.2, 0.25) is 0 Å². The summed E-state index contributed by atoms with van der Waals surface area (Å²) in [5.74, 6) is -1.08. The molecule has 0 heterocycles. The Labute approximate surface area is 617 Å². The van der Waals surface area contributed by atoms with Gasteiger partial charge in [-0.05, 0) is 232 Å². The van der Waals surface area contributed by atoms with Gasteiger partial charge < -0.3 is 19.3 Å². The quantitative estimate of drug-likeness (QED) is 0.0849. The van der Waals surface area contributed by atoms with E-state index in [1.54, 1.807) is 24.3 Å². The number of hydrogen-bond acceptors (Lipinski definition) is 4. The van der Waals surface area contributed by atoms with Crippen LogP contribution >= 0.6 is 0 Å². The van der Waals surface area contributed by atoms with Crippen molar-refractivity contribution in [1.29, 1.82) is 0 Å². The van der Waals surface area contributed by atoms with Crippen LogP contribution in [0.5, 0.6) is 23.0 Å². The fourth-order valence-electron chi connectivity index (χ4n) is 15.7. The molecule has 0 spiro atoms. The third-order valence-corrected chi connectivity index (χ3v) is 21.1. The second-order valence-electron chi connectivity index (χ2n) is 29.5. The zero-order valence-corrected chi connectivity index (χ0v) is 59.8. The third kappa shape index (κ3) is 12.0. The molecule has 0 radical (unpaired) electrons. The molecule has 2 aliphatic rings. The molecule has 2 aliphatic carbocycles. The maximum atomic E-state index is 15.8. The van der Waals surface area contributed by atoms with Gasteiger partial charge in [0.05, 0.1) is 10.8 Å². The molecule has 16 rings (SSSR count). The molecule has 0 fully saturated rings. The number of fused-ring (bicyclic) bond motifs is 6. The summed E-state index contributed by atoms with van der Waals surface area (Å²) < 4.78 is 74.8. The topological polar surface area (TPSA) is 24.9 Å². The third-order valence-electron chi connectivity index (χ3n) is 21.1. The van der Waals surface area contributed by atoms with Crippen LogP contribution in [0.15, 0.2) is 329 Å². The van der Waals surface area contributed by atoms with E-state index < -0.39 is 34.1 Å². The van der Waals surface area contributed by atoms with Crippen molar-refractivity contribution in [3.05, 3.63) is 419 Å². The lowest BCUT2D eigenvalue weighted by molar-refractivity contribution is 0.482. The first kappa shape index (κ1) is 67.9. The average molecular weight is 1390 g/mol. The van der Waals surface area contributed by atoms with E-state index in [2.05, 4.69) is 212 Å². The summed E-state index contributed by atoms with van der Waals surface area (Å²) in [7, 11) is 0. The van der Waals surface area contributed by atoms with Gasteiger partial charge in [0, 0.05) is 46.3 Å². The minimum Gasteiger partial charge on any atom is -0.457 e. The molecular formula is C98H76F4N2O2. The van der Waals surface area contributed by atoms with Crippen LogP contribution in [0.2, 0.25) is 0 Å². The predicted molar refractivity (Wildman–Crippen MR) is 426 cm³/mol. The highest BCUT2D eigenvalue weighted by Gasteiger charge is 2.48. The number of anilines is 6. The number of ether oxygens (including phenoxy) is 2. The van der Waals surface area contributed by atoms with Crippen LogP contribution in [0.4, 0.5) is 51.7 Å². The van der Waals surface area contributed by atoms with E-state index in [0.717, 1.165) is 100 Å². The Kier molecular flexibility index (Phi) is 17.3. The largest absolute Gasteiger partial charge is 0.457 e. The molecule has 0 saturated carbocycles. The fraction of sp³-hybridized carbons (Fsp3) is 0.102. The minimum atomic E-state index is -0.976. The molecule has 2 unspecified atom stereocenters. The summed E-state index contributed by atoms with van der Waals surface area (Å²) >= 11 is 0. The van der Waals surface area contributed by atoms with Crippen molar-refractivity contribution in [1.82, 2.24) is 0 Å². The van der Waals surface area contributed by atoms with Crippen molar-refractivity contribution in [2.24, 2.45) is 0 Å². The van der Waals surface area contributed by atoms with E-state index in [0.29, 0.717) is 45.7 Å². The van der Waals surface area contributed by atoms with E-state index >= 15 is 17.6 Å². The molecule has 0 saturated heterocycles. The molecule has 0 N–H and O–H groups in total. The Morgan fingerprint density at radius 2 is 0.566 bits per heavy atom. The van der Waals surface area contributed by atoms with Gasteiger partial charge in [-0.15, -0.1) is 0 Å². The van der Waals surface area contributed by atoms with Crippen molar-refractivity contribution in [3.8, 4) is 56.4 Å². The highest BCUT2D eigenvalue weighted by molar-refractivity contribution is 5.92. The smallest absolute Gasteiger partial charge is 0.160 e. The Bertz CT molecular complexity index is 5310. The van der Waals surface area contributed by atoms with E-state index in [9.17, 15) is 0 Å². The lowest BCUT2D eigenvalue weighted by Gasteiger charge is -2.35. The predicted octanol–water partition coefficient (Wildman–Crippen LogP) is 27.0. The first-order valence-electron chi connectivity index (χ1n) is 35.7. The molecule has 8 heteroatoms. The molecule has 518 valence electrons. The number of benzene rings is 14. The molecule has 106 heavy (non-hydrogen) atoms. The first-order chi connectivity index (χ1) is 51.3. The number of nitrogens with zero attached hydrogens (tertiary/aromatic N) is 2. The first-order valence-corrected chi connectivity index (χ1v) is 35.7. The monoisotopic (exact) mass is 1390 g/mol. The number of rotatable bonds is 17. The maximum absolute atomic E-state index is 15.8. The van der Waals surface area contributed by atoms with Gasteiger partial charge in [0.15, 0.2) is 23.3 Å². The molecule has 2 atom stereocenters. The van der Waals surface area contributed by atoms with Crippen LogP contribution < -0.4 is 19.3 Å². The van der Waals surface area contributed by atoms with E-state index in [4.69, 9.17) is 9.47 Å². The van der Waals surface area contributed by atoms with Gasteiger partial charge in [-0.3, -0.25) is 0 Å². The van der Waals surface area contributed by atoms with E-state index in [-0.39, 0.29) is 10.8 Å². The molecule has 0 bridgehead atoms. The van der Waals surface area contributed by atoms with Crippen molar-refractivity contribution < 1.29 is 27.0 Å². The van der Waals surface area contributed by atoms with E-state index in [1.807, 2.05) is 131 Å². The summed E-state index contributed by atoms with van der Waals surface area (Å²) in [5, 5.41) is 0. The zero-order valence-electron chi connectivity index (χ0n) is 59.8. The van der Waals surface area contributed by atoms with Crippen LogP contribution in [-0.4, -0.2) is 0 Å². The minimum absolute atomic E-state index is 0.104. The Balaban J connectivity index is 0.784. The fourth-order valence-corrected chi connectivity index (χ4v) is 15.7. The summed E-state index contributed by atoms with van der Waals surface area (Å²) in [6.45, 7) is 21.1. The lowest BCUT2D eigenvalue weighted by Crippen LogP contribution is -2.29.